The molecule has 2 aromatic carbocycles. The highest BCUT2D eigenvalue weighted by Gasteiger charge is 2.48. The number of nitrogens with one attached hydrogen (secondary N) is 2. The van der Waals surface area contributed by atoms with Gasteiger partial charge in [-0.3, -0.25) is 10.3 Å². The Labute approximate surface area is 160 Å². The molecular formula is C19H19F3N4S. The van der Waals surface area contributed by atoms with E-state index in [4.69, 9.17) is 18.0 Å². The largest absolute Gasteiger partial charge is 0.489 e. The second-order valence-corrected chi connectivity index (χ2v) is 6.86. The molecular weight excluding hydrogens is 373 g/mol. The van der Waals surface area contributed by atoms with Gasteiger partial charge in [0.05, 0.1) is 17.3 Å². The van der Waals surface area contributed by atoms with E-state index in [9.17, 15) is 13.2 Å². The smallest absolute Gasteiger partial charge is 0.375 e. The van der Waals surface area contributed by atoms with E-state index >= 15 is 0 Å². The highest BCUT2D eigenvalue weighted by molar-refractivity contribution is 7.80. The number of benzene rings is 2. The predicted octanol–water partition coefficient (Wildman–Crippen LogP) is 3.95. The number of anilines is 1. The zero-order chi connectivity index (χ0) is 19.8. The molecule has 0 saturated carbocycles. The van der Waals surface area contributed by atoms with E-state index < -0.39 is 12.2 Å². The van der Waals surface area contributed by atoms with Gasteiger partial charge in [0.15, 0.2) is 5.11 Å². The van der Waals surface area contributed by atoms with Crippen molar-refractivity contribution >= 4 is 23.0 Å². The number of nitrogens with zero attached hydrogens (tertiary/aromatic N) is 1. The number of nitrogens with two attached hydrogens (primary N) is 1. The first kappa shape index (κ1) is 19.0. The number of allylic oxidation sites excluding steroid dienone is 1. The SMILES string of the molecule is Cc1cc(C)cc(C2C(=CNNC(N)=S)N(C(F)(F)F)c3ccccc32)c1. The van der Waals surface area contributed by atoms with Crippen LogP contribution in [0.5, 0.6) is 0 Å². The summed E-state index contributed by atoms with van der Waals surface area (Å²) in [6.45, 7) is 3.85. The molecule has 142 valence electrons. The van der Waals surface area contributed by atoms with Gasteiger partial charge in [0.25, 0.3) is 0 Å². The van der Waals surface area contributed by atoms with E-state index in [2.05, 4.69) is 10.9 Å². The van der Waals surface area contributed by atoms with Crippen LogP contribution in [0.15, 0.2) is 54.4 Å². The Morgan fingerprint density at radius 1 is 1.15 bits per heavy atom. The third-order valence-electron chi connectivity index (χ3n) is 4.29. The zero-order valence-corrected chi connectivity index (χ0v) is 15.6. The average Bonchev–Trinajstić information content (AvgIpc) is 2.87. The number of hydrogen-bond donors (Lipinski definition) is 3. The van der Waals surface area contributed by atoms with Crippen molar-refractivity contribution in [3.63, 3.8) is 0 Å². The van der Waals surface area contributed by atoms with Crippen LogP contribution in [0.1, 0.15) is 28.2 Å². The van der Waals surface area contributed by atoms with Crippen LogP contribution >= 0.6 is 12.2 Å². The van der Waals surface area contributed by atoms with Crippen molar-refractivity contribution in [2.75, 3.05) is 4.90 Å². The minimum atomic E-state index is -4.58. The highest BCUT2D eigenvalue weighted by atomic mass is 32.1. The van der Waals surface area contributed by atoms with Crippen molar-refractivity contribution in [3.8, 4) is 0 Å². The van der Waals surface area contributed by atoms with Crippen LogP contribution < -0.4 is 21.5 Å². The third-order valence-corrected chi connectivity index (χ3v) is 4.39. The number of para-hydroxylation sites is 1. The lowest BCUT2D eigenvalue weighted by molar-refractivity contribution is -0.123. The van der Waals surface area contributed by atoms with Crippen LogP contribution in [0.25, 0.3) is 0 Å². The molecule has 0 aliphatic carbocycles. The van der Waals surface area contributed by atoms with Gasteiger partial charge in [-0.05, 0) is 43.3 Å². The van der Waals surface area contributed by atoms with E-state index in [0.29, 0.717) is 10.5 Å². The molecule has 0 spiro atoms. The summed E-state index contributed by atoms with van der Waals surface area (Å²) < 4.78 is 41.7. The molecule has 0 saturated heterocycles. The molecule has 3 rings (SSSR count). The van der Waals surface area contributed by atoms with Crippen LogP contribution in [-0.4, -0.2) is 11.4 Å². The van der Waals surface area contributed by atoms with Gasteiger partial charge in [-0.15, -0.1) is 13.2 Å². The summed E-state index contributed by atoms with van der Waals surface area (Å²) in [6.07, 6.45) is -3.32. The van der Waals surface area contributed by atoms with Crippen molar-refractivity contribution < 1.29 is 13.2 Å². The molecule has 1 unspecified atom stereocenters. The maximum absolute atomic E-state index is 13.9. The maximum Gasteiger partial charge on any atom is 0.489 e. The first-order valence-corrected chi connectivity index (χ1v) is 8.64. The van der Waals surface area contributed by atoms with Crippen molar-refractivity contribution in [2.45, 2.75) is 26.1 Å². The second kappa shape index (κ2) is 7.11. The van der Waals surface area contributed by atoms with Gasteiger partial charge in [0, 0.05) is 6.20 Å². The summed E-state index contributed by atoms with van der Waals surface area (Å²) in [5.41, 5.74) is 13.9. The fourth-order valence-electron chi connectivity index (χ4n) is 3.50. The van der Waals surface area contributed by atoms with E-state index in [-0.39, 0.29) is 16.5 Å². The van der Waals surface area contributed by atoms with Gasteiger partial charge in [-0.1, -0.05) is 47.5 Å². The molecule has 4 N–H and O–H groups in total. The Bertz CT molecular complexity index is 888. The van der Waals surface area contributed by atoms with Crippen molar-refractivity contribution in [1.29, 1.82) is 0 Å². The van der Waals surface area contributed by atoms with Crippen molar-refractivity contribution in [1.82, 2.24) is 10.9 Å². The lowest BCUT2D eigenvalue weighted by atomic mass is 9.89. The van der Waals surface area contributed by atoms with E-state index in [1.54, 1.807) is 18.2 Å². The number of aryl methyl sites for hydroxylation is 2. The van der Waals surface area contributed by atoms with Crippen LogP contribution in [0.3, 0.4) is 0 Å². The fourth-order valence-corrected chi connectivity index (χ4v) is 3.56. The van der Waals surface area contributed by atoms with Gasteiger partial charge in [0.2, 0.25) is 0 Å². The number of halogens is 3. The minimum absolute atomic E-state index is 0.0393. The molecule has 1 heterocycles. The predicted molar refractivity (Wildman–Crippen MR) is 104 cm³/mol. The number of rotatable bonds is 3. The van der Waals surface area contributed by atoms with Crippen molar-refractivity contribution in [2.24, 2.45) is 5.73 Å². The molecule has 1 aliphatic heterocycles. The monoisotopic (exact) mass is 392 g/mol. The van der Waals surface area contributed by atoms with E-state index in [1.165, 1.54) is 12.3 Å². The first-order valence-electron chi connectivity index (χ1n) is 8.23. The number of fused-ring (bicyclic) bond motifs is 1. The van der Waals surface area contributed by atoms with Gasteiger partial charge in [-0.25, -0.2) is 0 Å². The van der Waals surface area contributed by atoms with E-state index in [1.807, 2.05) is 32.0 Å². The summed E-state index contributed by atoms with van der Waals surface area (Å²) >= 11 is 4.70. The molecule has 0 fully saturated rings. The average molecular weight is 392 g/mol. The van der Waals surface area contributed by atoms with Crippen LogP contribution in [-0.2, 0) is 0 Å². The Hall–Kier alpha value is -2.74. The third kappa shape index (κ3) is 3.85. The summed E-state index contributed by atoms with van der Waals surface area (Å²) in [5, 5.41) is -0.0659. The summed E-state index contributed by atoms with van der Waals surface area (Å²) in [6, 6.07) is 12.3. The summed E-state index contributed by atoms with van der Waals surface area (Å²) in [7, 11) is 0. The molecule has 2 aromatic rings. The van der Waals surface area contributed by atoms with Crippen LogP contribution in [0, 0.1) is 13.8 Å². The molecule has 27 heavy (non-hydrogen) atoms. The Balaban J connectivity index is 2.19. The topological polar surface area (TPSA) is 53.3 Å². The quantitative estimate of drug-likeness (QED) is 0.420. The van der Waals surface area contributed by atoms with Crippen LogP contribution in [0.2, 0.25) is 0 Å². The molecule has 1 aliphatic rings. The summed E-state index contributed by atoms with van der Waals surface area (Å²) in [4.78, 5) is 0.388. The van der Waals surface area contributed by atoms with Gasteiger partial charge in [0.1, 0.15) is 0 Å². The Kier molecular flexibility index (Phi) is 5.01. The number of alkyl halides is 3. The number of thiocarbonyl (C=S) groups is 1. The minimum Gasteiger partial charge on any atom is -0.375 e. The highest BCUT2D eigenvalue weighted by Crippen LogP contribution is 2.51. The van der Waals surface area contributed by atoms with Crippen LogP contribution in [0.4, 0.5) is 18.9 Å². The zero-order valence-electron chi connectivity index (χ0n) is 14.8. The lowest BCUT2D eigenvalue weighted by Gasteiger charge is -2.26. The lowest BCUT2D eigenvalue weighted by Crippen LogP contribution is -2.40. The standard InChI is InChI=1S/C19H19F3N4S/c1-11-7-12(2)9-13(8-11)17-14-5-3-4-6-15(14)26(19(20,21)22)16(17)10-24-25-18(23)27/h3-10,17,24H,1-2H3,(H3,23,25,27). The Morgan fingerprint density at radius 2 is 1.78 bits per heavy atom. The molecule has 1 atom stereocenters. The van der Waals surface area contributed by atoms with Crippen molar-refractivity contribution in [3.05, 3.63) is 76.6 Å². The molecule has 0 bridgehead atoms. The molecule has 0 aromatic heterocycles. The maximum atomic E-state index is 13.9. The van der Waals surface area contributed by atoms with Gasteiger partial charge in [-0.2, -0.15) is 0 Å². The first-order chi connectivity index (χ1) is 12.7. The molecule has 8 heteroatoms. The van der Waals surface area contributed by atoms with Gasteiger partial charge >= 0.3 is 6.30 Å². The number of hydrazine groups is 1. The van der Waals surface area contributed by atoms with E-state index in [0.717, 1.165) is 16.7 Å². The molecule has 0 radical (unpaired) electrons. The normalized spacial score (nSPS) is 17.7. The summed E-state index contributed by atoms with van der Waals surface area (Å²) in [5.74, 6) is -0.581. The Morgan fingerprint density at radius 3 is 2.37 bits per heavy atom. The second-order valence-electron chi connectivity index (χ2n) is 6.42. The number of hydrogen-bond acceptors (Lipinski definition) is 3. The molecule has 4 nitrogen and oxygen atoms in total. The molecule has 0 amide bonds. The van der Waals surface area contributed by atoms with Gasteiger partial charge < -0.3 is 11.2 Å². The fraction of sp³-hybridized carbons (Fsp3) is 0.211.